The van der Waals surface area contributed by atoms with E-state index >= 15 is 0 Å². The second-order valence-corrected chi connectivity index (χ2v) is 1.87. The zero-order valence-corrected chi connectivity index (χ0v) is 5.92. The summed E-state index contributed by atoms with van der Waals surface area (Å²) in [5, 5.41) is 3.25. The lowest BCUT2D eigenvalue weighted by Gasteiger charge is -1.85. The first-order chi connectivity index (χ1) is 3.43. The van der Waals surface area contributed by atoms with Crippen LogP contribution in [0.4, 0.5) is 0 Å². The van der Waals surface area contributed by atoms with Gasteiger partial charge in [0.05, 0.1) is 0 Å². The molecule has 1 rings (SSSR count). The molecule has 0 saturated carbocycles. The molecular weight excluding hydrogens is 122 g/mol. The monoisotopic (exact) mass is 133 g/mol. The van der Waals surface area contributed by atoms with Crippen LogP contribution in [-0.4, -0.2) is 13.1 Å². The molecule has 0 aliphatic carbocycles. The zero-order valence-electron chi connectivity index (χ0n) is 5.11. The highest BCUT2D eigenvalue weighted by Crippen LogP contribution is 2.03. The lowest BCUT2D eigenvalue weighted by atomic mass is 10.2. The Hall–Kier alpha value is -0.0100. The Morgan fingerprint density at radius 3 is 2.62 bits per heavy atom. The third kappa shape index (κ3) is 1.85. The van der Waals surface area contributed by atoms with Gasteiger partial charge in [0.1, 0.15) is 0 Å². The average molecular weight is 134 g/mol. The molecule has 1 aliphatic heterocycles. The summed E-state index contributed by atoms with van der Waals surface area (Å²) in [6, 6.07) is 0. The van der Waals surface area contributed by atoms with E-state index in [2.05, 4.69) is 18.3 Å². The van der Waals surface area contributed by atoms with Gasteiger partial charge < -0.3 is 5.32 Å². The fourth-order valence-corrected chi connectivity index (χ4v) is 0.833. The molecule has 0 amide bonds. The van der Waals surface area contributed by atoms with Crippen molar-refractivity contribution in [3.63, 3.8) is 0 Å². The van der Waals surface area contributed by atoms with Crippen molar-refractivity contribution in [2.45, 2.75) is 13.3 Å². The molecule has 0 aromatic carbocycles. The van der Waals surface area contributed by atoms with E-state index in [0.717, 1.165) is 6.54 Å². The molecular formula is C6H12ClN. The van der Waals surface area contributed by atoms with E-state index in [1.807, 2.05) is 0 Å². The molecule has 8 heavy (non-hydrogen) atoms. The molecule has 1 N–H and O–H groups in total. The van der Waals surface area contributed by atoms with Crippen molar-refractivity contribution in [1.29, 1.82) is 0 Å². The minimum atomic E-state index is 0. The van der Waals surface area contributed by atoms with Crippen LogP contribution in [0.1, 0.15) is 13.3 Å². The first-order valence-corrected chi connectivity index (χ1v) is 2.78. The lowest BCUT2D eigenvalue weighted by Crippen LogP contribution is -2.04. The number of allylic oxidation sites excluding steroid dienone is 1. The Morgan fingerprint density at radius 1 is 1.62 bits per heavy atom. The maximum atomic E-state index is 3.25. The largest absolute Gasteiger partial charge is 0.313 e. The van der Waals surface area contributed by atoms with Gasteiger partial charge in [-0.05, 0) is 19.9 Å². The predicted molar refractivity (Wildman–Crippen MR) is 38.5 cm³/mol. The van der Waals surface area contributed by atoms with Gasteiger partial charge in [-0.3, -0.25) is 0 Å². The molecule has 2 heteroatoms. The molecule has 1 aliphatic rings. The predicted octanol–water partition coefficient (Wildman–Crippen LogP) is 1.35. The number of rotatable bonds is 0. The van der Waals surface area contributed by atoms with Crippen LogP contribution in [0.2, 0.25) is 0 Å². The van der Waals surface area contributed by atoms with E-state index in [4.69, 9.17) is 0 Å². The topological polar surface area (TPSA) is 12.0 Å². The van der Waals surface area contributed by atoms with E-state index in [0.29, 0.717) is 0 Å². The molecule has 0 bridgehead atoms. The third-order valence-corrected chi connectivity index (χ3v) is 1.38. The summed E-state index contributed by atoms with van der Waals surface area (Å²) < 4.78 is 0. The molecule has 0 unspecified atom stereocenters. The minimum Gasteiger partial charge on any atom is -0.313 e. The SMILES string of the molecule is C/C=C1\CCNC1.Cl. The zero-order chi connectivity index (χ0) is 5.11. The number of hydrogen-bond acceptors (Lipinski definition) is 1. The molecule has 1 heterocycles. The van der Waals surface area contributed by atoms with E-state index in [1.165, 1.54) is 13.0 Å². The van der Waals surface area contributed by atoms with Gasteiger partial charge in [-0.2, -0.15) is 0 Å². The first kappa shape index (κ1) is 7.99. The van der Waals surface area contributed by atoms with Gasteiger partial charge in [0, 0.05) is 6.54 Å². The maximum absolute atomic E-state index is 3.25. The first-order valence-electron chi connectivity index (χ1n) is 2.78. The quantitative estimate of drug-likeness (QED) is 0.492. The molecule has 1 saturated heterocycles. The Balaban J connectivity index is 0.000000490. The van der Waals surface area contributed by atoms with Gasteiger partial charge in [-0.15, -0.1) is 12.4 Å². The van der Waals surface area contributed by atoms with E-state index in [1.54, 1.807) is 5.57 Å². The Bertz CT molecular complexity index is 80.5. The fourth-order valence-electron chi connectivity index (χ4n) is 0.833. The molecule has 0 spiro atoms. The molecule has 1 nitrogen and oxygen atoms in total. The summed E-state index contributed by atoms with van der Waals surface area (Å²) in [4.78, 5) is 0. The van der Waals surface area contributed by atoms with Gasteiger partial charge in [0.15, 0.2) is 0 Å². The molecule has 48 valence electrons. The van der Waals surface area contributed by atoms with Crippen LogP contribution in [0.15, 0.2) is 11.6 Å². The summed E-state index contributed by atoms with van der Waals surface area (Å²) in [7, 11) is 0. The van der Waals surface area contributed by atoms with Gasteiger partial charge >= 0.3 is 0 Å². The third-order valence-electron chi connectivity index (χ3n) is 1.38. The van der Waals surface area contributed by atoms with Crippen LogP contribution in [-0.2, 0) is 0 Å². The van der Waals surface area contributed by atoms with Crippen molar-refractivity contribution in [2.24, 2.45) is 0 Å². The van der Waals surface area contributed by atoms with Crippen LogP contribution in [0.5, 0.6) is 0 Å². The molecule has 0 aromatic rings. The van der Waals surface area contributed by atoms with Crippen molar-refractivity contribution in [1.82, 2.24) is 5.32 Å². The summed E-state index contributed by atoms with van der Waals surface area (Å²) >= 11 is 0. The van der Waals surface area contributed by atoms with Crippen molar-refractivity contribution >= 4 is 12.4 Å². The molecule has 0 atom stereocenters. The summed E-state index contributed by atoms with van der Waals surface area (Å²) in [5.74, 6) is 0. The van der Waals surface area contributed by atoms with E-state index in [-0.39, 0.29) is 12.4 Å². The van der Waals surface area contributed by atoms with Gasteiger partial charge in [0.25, 0.3) is 0 Å². The highest BCUT2D eigenvalue weighted by molar-refractivity contribution is 5.85. The van der Waals surface area contributed by atoms with E-state index < -0.39 is 0 Å². The van der Waals surface area contributed by atoms with Crippen LogP contribution < -0.4 is 5.32 Å². The van der Waals surface area contributed by atoms with Crippen molar-refractivity contribution in [3.05, 3.63) is 11.6 Å². The van der Waals surface area contributed by atoms with Crippen LogP contribution >= 0.6 is 12.4 Å². The van der Waals surface area contributed by atoms with Crippen LogP contribution in [0, 0.1) is 0 Å². The second-order valence-electron chi connectivity index (χ2n) is 1.87. The normalized spacial score (nSPS) is 23.4. The lowest BCUT2D eigenvalue weighted by molar-refractivity contribution is 0.862. The average Bonchev–Trinajstić information content (AvgIpc) is 2.14. The Morgan fingerprint density at radius 2 is 2.38 bits per heavy atom. The maximum Gasteiger partial charge on any atom is 0.0165 e. The van der Waals surface area contributed by atoms with Gasteiger partial charge in [-0.1, -0.05) is 11.6 Å². The highest BCUT2D eigenvalue weighted by atomic mass is 35.5. The number of hydrogen-bond donors (Lipinski definition) is 1. The van der Waals surface area contributed by atoms with Crippen LogP contribution in [0.25, 0.3) is 0 Å². The Labute approximate surface area is 56.6 Å². The van der Waals surface area contributed by atoms with Crippen molar-refractivity contribution < 1.29 is 0 Å². The van der Waals surface area contributed by atoms with E-state index in [9.17, 15) is 0 Å². The second kappa shape index (κ2) is 3.93. The molecule has 1 fully saturated rings. The Kier molecular flexibility index (Phi) is 3.92. The number of halogens is 1. The smallest absolute Gasteiger partial charge is 0.0165 e. The van der Waals surface area contributed by atoms with Crippen molar-refractivity contribution in [3.8, 4) is 0 Å². The number of nitrogens with one attached hydrogen (secondary N) is 1. The summed E-state index contributed by atoms with van der Waals surface area (Å²) in [6.45, 7) is 4.40. The fraction of sp³-hybridized carbons (Fsp3) is 0.667. The van der Waals surface area contributed by atoms with Gasteiger partial charge in [-0.25, -0.2) is 0 Å². The summed E-state index contributed by atoms with van der Waals surface area (Å²) in [6.07, 6.45) is 3.45. The van der Waals surface area contributed by atoms with Crippen molar-refractivity contribution in [2.75, 3.05) is 13.1 Å². The minimum absolute atomic E-state index is 0. The summed E-state index contributed by atoms with van der Waals surface area (Å²) in [5.41, 5.74) is 1.56. The highest BCUT2D eigenvalue weighted by Gasteiger charge is 2.01. The molecule has 0 aromatic heterocycles. The molecule has 0 radical (unpaired) electrons. The standard InChI is InChI=1S/C6H11N.ClH/c1-2-6-3-4-7-5-6;/h2,7H,3-5H2,1H3;1H/b6-2+;. The van der Waals surface area contributed by atoms with Crippen LogP contribution in [0.3, 0.4) is 0 Å². The van der Waals surface area contributed by atoms with Gasteiger partial charge in [0.2, 0.25) is 0 Å².